The molecular weight excluding hydrogens is 243 g/mol. The zero-order valence-corrected chi connectivity index (χ0v) is 10.1. The molecule has 1 aromatic carbocycles. The molecule has 1 aliphatic heterocycles. The van der Waals surface area contributed by atoms with Crippen LogP contribution in [-0.4, -0.2) is 21.5 Å². The summed E-state index contributed by atoms with van der Waals surface area (Å²) in [6.07, 6.45) is 1.51. The zero-order chi connectivity index (χ0) is 12.5. The van der Waals surface area contributed by atoms with Crippen LogP contribution >= 0.6 is 0 Å². The van der Waals surface area contributed by atoms with Gasteiger partial charge in [-0.3, -0.25) is 0 Å². The number of nitrogens with one attached hydrogen (secondary N) is 1. The molecule has 94 valence electrons. The van der Waals surface area contributed by atoms with Crippen LogP contribution in [0, 0.1) is 11.7 Å². The van der Waals surface area contributed by atoms with Gasteiger partial charge in [0.1, 0.15) is 5.82 Å². The van der Waals surface area contributed by atoms with E-state index in [4.69, 9.17) is 5.14 Å². The number of hydrogen-bond acceptors (Lipinski definition) is 3. The average Bonchev–Trinajstić information content (AvgIpc) is 2.68. The van der Waals surface area contributed by atoms with Gasteiger partial charge in [-0.1, -0.05) is 0 Å². The number of primary sulfonamides is 1. The normalized spacial score (nSPS) is 20.7. The third kappa shape index (κ3) is 3.02. The Kier molecular flexibility index (Phi) is 3.46. The van der Waals surface area contributed by atoms with Crippen LogP contribution in [-0.2, 0) is 16.4 Å². The van der Waals surface area contributed by atoms with Gasteiger partial charge in [-0.05, 0) is 55.6 Å². The molecule has 0 amide bonds. The minimum atomic E-state index is -3.78. The Morgan fingerprint density at radius 2 is 2.24 bits per heavy atom. The van der Waals surface area contributed by atoms with E-state index < -0.39 is 15.8 Å². The van der Waals surface area contributed by atoms with Gasteiger partial charge < -0.3 is 5.32 Å². The Bertz CT molecular complexity index is 510. The molecule has 0 radical (unpaired) electrons. The molecule has 17 heavy (non-hydrogen) atoms. The van der Waals surface area contributed by atoms with Crippen molar-refractivity contribution in [1.82, 2.24) is 5.32 Å². The molecule has 0 unspecified atom stereocenters. The van der Waals surface area contributed by atoms with E-state index in [2.05, 4.69) is 5.32 Å². The van der Waals surface area contributed by atoms with Crippen molar-refractivity contribution in [3.8, 4) is 0 Å². The summed E-state index contributed by atoms with van der Waals surface area (Å²) in [4.78, 5) is 0.0331. The number of sulfonamides is 1. The maximum Gasteiger partial charge on any atom is 0.238 e. The summed E-state index contributed by atoms with van der Waals surface area (Å²) in [7, 11) is -3.78. The van der Waals surface area contributed by atoms with E-state index in [1.165, 1.54) is 12.1 Å². The summed E-state index contributed by atoms with van der Waals surface area (Å²) in [5.74, 6) is -0.0874. The minimum Gasteiger partial charge on any atom is -0.316 e. The summed E-state index contributed by atoms with van der Waals surface area (Å²) >= 11 is 0. The lowest BCUT2D eigenvalue weighted by atomic mass is 9.98. The molecule has 4 nitrogen and oxygen atoms in total. The largest absolute Gasteiger partial charge is 0.316 e. The summed E-state index contributed by atoms with van der Waals surface area (Å²) in [6.45, 7) is 1.76. The van der Waals surface area contributed by atoms with E-state index in [0.717, 1.165) is 25.6 Å². The Balaban J connectivity index is 2.33. The van der Waals surface area contributed by atoms with E-state index in [-0.39, 0.29) is 4.90 Å². The molecular formula is C11H15FN2O2S. The molecule has 1 aromatic rings. The van der Waals surface area contributed by atoms with E-state index >= 15 is 0 Å². The Labute approximate surface area is 100 Å². The summed E-state index contributed by atoms with van der Waals surface area (Å²) in [5, 5.41) is 8.31. The van der Waals surface area contributed by atoms with E-state index in [0.29, 0.717) is 17.9 Å². The van der Waals surface area contributed by atoms with E-state index in [1.54, 1.807) is 0 Å². The van der Waals surface area contributed by atoms with Crippen LogP contribution in [0.4, 0.5) is 4.39 Å². The third-order valence-corrected chi connectivity index (χ3v) is 4.01. The fourth-order valence-electron chi connectivity index (χ4n) is 2.18. The molecule has 6 heteroatoms. The molecule has 1 heterocycles. The van der Waals surface area contributed by atoms with E-state index in [1.807, 2.05) is 0 Å². The van der Waals surface area contributed by atoms with Crippen LogP contribution in [0.2, 0.25) is 0 Å². The number of halogens is 1. The van der Waals surface area contributed by atoms with Crippen LogP contribution in [0.1, 0.15) is 12.0 Å². The highest BCUT2D eigenvalue weighted by Crippen LogP contribution is 2.22. The monoisotopic (exact) mass is 258 g/mol. The lowest BCUT2D eigenvalue weighted by Crippen LogP contribution is -2.17. The Hall–Kier alpha value is -0.980. The standard InChI is InChI=1S/C11H15FN2O2S/c12-10-1-2-11(17(13,15)16)9(6-10)5-8-3-4-14-7-8/h1-2,6,8,14H,3-5,7H2,(H2,13,15,16)/t8-/m1/s1. The fourth-order valence-corrected chi connectivity index (χ4v) is 2.95. The molecule has 0 aliphatic carbocycles. The van der Waals surface area contributed by atoms with Crippen LogP contribution in [0.5, 0.6) is 0 Å². The fraction of sp³-hybridized carbons (Fsp3) is 0.455. The van der Waals surface area contributed by atoms with Crippen molar-refractivity contribution >= 4 is 10.0 Å². The highest BCUT2D eigenvalue weighted by molar-refractivity contribution is 7.89. The van der Waals surface area contributed by atoms with Crippen LogP contribution in [0.15, 0.2) is 23.1 Å². The summed E-state index contributed by atoms with van der Waals surface area (Å²) < 4.78 is 35.9. The van der Waals surface area contributed by atoms with Crippen LogP contribution < -0.4 is 10.5 Å². The lowest BCUT2D eigenvalue weighted by Gasteiger charge is -2.12. The molecule has 0 bridgehead atoms. The van der Waals surface area contributed by atoms with Gasteiger partial charge in [-0.15, -0.1) is 0 Å². The predicted molar refractivity (Wildman–Crippen MR) is 62.5 cm³/mol. The predicted octanol–water partition coefficient (Wildman–Crippen LogP) is 0.625. The number of rotatable bonds is 3. The first-order valence-electron chi connectivity index (χ1n) is 5.49. The van der Waals surface area contributed by atoms with Gasteiger partial charge in [0.2, 0.25) is 10.0 Å². The van der Waals surface area contributed by atoms with Gasteiger partial charge in [-0.25, -0.2) is 17.9 Å². The molecule has 2 rings (SSSR count). The van der Waals surface area contributed by atoms with Gasteiger partial charge in [0.25, 0.3) is 0 Å². The molecule has 1 fully saturated rings. The van der Waals surface area contributed by atoms with Crippen molar-refractivity contribution in [2.75, 3.05) is 13.1 Å². The third-order valence-electron chi connectivity index (χ3n) is 3.00. The molecule has 0 saturated carbocycles. The summed E-state index contributed by atoms with van der Waals surface area (Å²) in [6, 6.07) is 3.62. The maximum absolute atomic E-state index is 13.2. The molecule has 1 aliphatic rings. The van der Waals surface area contributed by atoms with Gasteiger partial charge in [0, 0.05) is 0 Å². The molecule has 0 spiro atoms. The minimum absolute atomic E-state index is 0.0331. The van der Waals surface area contributed by atoms with Gasteiger partial charge in [0.05, 0.1) is 4.90 Å². The SMILES string of the molecule is NS(=O)(=O)c1ccc(F)cc1C[C@H]1CCNC1. The molecule has 1 atom stereocenters. The summed E-state index contributed by atoms with van der Waals surface area (Å²) in [5.41, 5.74) is 0.473. The first kappa shape index (κ1) is 12.5. The number of nitrogens with two attached hydrogens (primary N) is 1. The Morgan fingerprint density at radius 3 is 2.82 bits per heavy atom. The highest BCUT2D eigenvalue weighted by atomic mass is 32.2. The zero-order valence-electron chi connectivity index (χ0n) is 9.32. The first-order chi connectivity index (χ1) is 7.97. The van der Waals surface area contributed by atoms with Crippen molar-refractivity contribution in [2.45, 2.75) is 17.7 Å². The second-order valence-corrected chi connectivity index (χ2v) is 5.89. The van der Waals surface area contributed by atoms with Crippen LogP contribution in [0.25, 0.3) is 0 Å². The quantitative estimate of drug-likeness (QED) is 0.835. The lowest BCUT2D eigenvalue weighted by molar-refractivity contribution is 0.561. The van der Waals surface area contributed by atoms with Crippen molar-refractivity contribution in [1.29, 1.82) is 0 Å². The maximum atomic E-state index is 13.2. The van der Waals surface area contributed by atoms with Crippen molar-refractivity contribution in [2.24, 2.45) is 11.1 Å². The van der Waals surface area contributed by atoms with Gasteiger partial charge >= 0.3 is 0 Å². The number of hydrogen-bond donors (Lipinski definition) is 2. The number of benzene rings is 1. The Morgan fingerprint density at radius 1 is 1.47 bits per heavy atom. The topological polar surface area (TPSA) is 72.2 Å². The second-order valence-electron chi connectivity index (χ2n) is 4.36. The smallest absolute Gasteiger partial charge is 0.238 e. The highest BCUT2D eigenvalue weighted by Gasteiger charge is 2.20. The van der Waals surface area contributed by atoms with E-state index in [9.17, 15) is 12.8 Å². The molecule has 3 N–H and O–H groups in total. The van der Waals surface area contributed by atoms with Gasteiger partial charge in [0.15, 0.2) is 0 Å². The molecule has 1 saturated heterocycles. The van der Waals surface area contributed by atoms with Crippen molar-refractivity contribution in [3.05, 3.63) is 29.6 Å². The first-order valence-corrected chi connectivity index (χ1v) is 7.03. The van der Waals surface area contributed by atoms with Gasteiger partial charge in [-0.2, -0.15) is 0 Å². The van der Waals surface area contributed by atoms with Crippen molar-refractivity contribution in [3.63, 3.8) is 0 Å². The van der Waals surface area contributed by atoms with Crippen LogP contribution in [0.3, 0.4) is 0 Å². The second kappa shape index (κ2) is 4.72. The average molecular weight is 258 g/mol. The van der Waals surface area contributed by atoms with Crippen molar-refractivity contribution < 1.29 is 12.8 Å². The molecule has 0 aromatic heterocycles.